The van der Waals surface area contributed by atoms with Crippen LogP contribution in [0, 0.1) is 0 Å². The van der Waals surface area contributed by atoms with Crippen LogP contribution in [0.15, 0.2) is 53.9 Å². The molecule has 0 radical (unpaired) electrons. The molecule has 1 aromatic heterocycles. The van der Waals surface area contributed by atoms with Gasteiger partial charge in [0.05, 0.1) is 6.21 Å². The summed E-state index contributed by atoms with van der Waals surface area (Å²) < 4.78 is 5.13. The van der Waals surface area contributed by atoms with Gasteiger partial charge in [-0.05, 0) is 41.5 Å². The minimum Gasteiger partial charge on any atom is -0.484 e. The number of pyridine rings is 1. The van der Waals surface area contributed by atoms with Gasteiger partial charge >= 0.3 is 0 Å². The zero-order chi connectivity index (χ0) is 19.5. The number of ether oxygens (including phenoxy) is 1. The van der Waals surface area contributed by atoms with Gasteiger partial charge in [0.25, 0.3) is 5.91 Å². The van der Waals surface area contributed by atoms with Crippen LogP contribution in [0.5, 0.6) is 5.75 Å². The quantitative estimate of drug-likeness (QED) is 0.327. The van der Waals surface area contributed by atoms with Gasteiger partial charge in [0.1, 0.15) is 12.2 Å². The summed E-state index contributed by atoms with van der Waals surface area (Å²) in [6.45, 7) is 0.0970. The fourth-order valence-corrected chi connectivity index (χ4v) is 1.93. The van der Waals surface area contributed by atoms with Gasteiger partial charge in [-0.15, -0.1) is 0 Å². The second-order valence-corrected chi connectivity index (χ2v) is 5.43. The second-order valence-electron chi connectivity index (χ2n) is 5.43. The van der Waals surface area contributed by atoms with Crippen molar-refractivity contribution >= 4 is 23.9 Å². The summed E-state index contributed by atoms with van der Waals surface area (Å²) in [4.78, 5) is 38.0. The van der Waals surface area contributed by atoms with Crippen molar-refractivity contribution in [2.45, 2.75) is 13.0 Å². The molecule has 140 valence electrons. The number of nitrogens with zero attached hydrogens (tertiary/aromatic N) is 2. The molecule has 1 aromatic carbocycles. The van der Waals surface area contributed by atoms with Crippen molar-refractivity contribution in [1.29, 1.82) is 0 Å². The molecule has 0 fully saturated rings. The summed E-state index contributed by atoms with van der Waals surface area (Å²) in [5.74, 6) is -1.02. The lowest BCUT2D eigenvalue weighted by Crippen LogP contribution is -2.29. The Balaban J connectivity index is 1.71. The number of hydrogen-bond acceptors (Lipinski definition) is 6. The van der Waals surface area contributed by atoms with Crippen LogP contribution in [-0.2, 0) is 20.9 Å². The Labute approximate surface area is 155 Å². The molecule has 2 aromatic rings. The monoisotopic (exact) mass is 369 g/mol. The van der Waals surface area contributed by atoms with E-state index in [2.05, 4.69) is 20.8 Å². The maximum absolute atomic E-state index is 11.7. The SMILES string of the molecule is NC(=O)COc1ccc(/C=N/NC(=O)CC(=O)NCc2cccnc2)cc1. The lowest BCUT2D eigenvalue weighted by atomic mass is 10.2. The van der Waals surface area contributed by atoms with Crippen LogP contribution in [0.1, 0.15) is 17.5 Å². The molecule has 3 amide bonds. The highest BCUT2D eigenvalue weighted by molar-refractivity contribution is 5.97. The Hall–Kier alpha value is -3.75. The smallest absolute Gasteiger partial charge is 0.255 e. The fourth-order valence-electron chi connectivity index (χ4n) is 1.93. The third-order valence-electron chi connectivity index (χ3n) is 3.20. The predicted octanol–water partition coefficient (Wildman–Crippen LogP) is 0.102. The van der Waals surface area contributed by atoms with E-state index in [1.165, 1.54) is 6.21 Å². The van der Waals surface area contributed by atoms with Crippen LogP contribution in [0.3, 0.4) is 0 Å². The minimum atomic E-state index is -0.562. The Bertz CT molecular complexity index is 806. The van der Waals surface area contributed by atoms with Gasteiger partial charge in [0.15, 0.2) is 6.61 Å². The van der Waals surface area contributed by atoms with E-state index in [9.17, 15) is 14.4 Å². The average Bonchev–Trinajstić information content (AvgIpc) is 2.66. The third-order valence-corrected chi connectivity index (χ3v) is 3.20. The van der Waals surface area contributed by atoms with Crippen molar-refractivity contribution in [3.63, 3.8) is 0 Å². The van der Waals surface area contributed by atoms with Gasteiger partial charge < -0.3 is 15.8 Å². The normalized spacial score (nSPS) is 10.4. The van der Waals surface area contributed by atoms with Crippen molar-refractivity contribution in [3.8, 4) is 5.75 Å². The molecule has 9 nitrogen and oxygen atoms in total. The molecule has 0 spiro atoms. The Morgan fingerprint density at radius 2 is 1.93 bits per heavy atom. The summed E-state index contributed by atoms with van der Waals surface area (Å²) in [7, 11) is 0. The van der Waals surface area contributed by atoms with E-state index in [1.807, 2.05) is 6.07 Å². The molecule has 27 heavy (non-hydrogen) atoms. The van der Waals surface area contributed by atoms with E-state index >= 15 is 0 Å². The Morgan fingerprint density at radius 1 is 1.15 bits per heavy atom. The van der Waals surface area contributed by atoms with Crippen LogP contribution >= 0.6 is 0 Å². The zero-order valence-corrected chi connectivity index (χ0v) is 14.4. The highest BCUT2D eigenvalue weighted by Crippen LogP contribution is 2.10. The largest absolute Gasteiger partial charge is 0.484 e. The van der Waals surface area contributed by atoms with Crippen molar-refractivity contribution in [2.75, 3.05) is 6.61 Å². The van der Waals surface area contributed by atoms with Crippen molar-refractivity contribution in [2.24, 2.45) is 10.8 Å². The summed E-state index contributed by atoms with van der Waals surface area (Å²) >= 11 is 0. The molecule has 0 atom stereocenters. The fraction of sp³-hybridized carbons (Fsp3) is 0.167. The second kappa shape index (κ2) is 10.3. The predicted molar refractivity (Wildman–Crippen MR) is 97.6 cm³/mol. The highest BCUT2D eigenvalue weighted by atomic mass is 16.5. The molecular formula is C18H19N5O4. The van der Waals surface area contributed by atoms with Gasteiger partial charge in [-0.3, -0.25) is 19.4 Å². The highest BCUT2D eigenvalue weighted by Gasteiger charge is 2.08. The number of carbonyl (C=O) groups excluding carboxylic acids is 3. The number of nitrogens with two attached hydrogens (primary N) is 1. The first-order valence-corrected chi connectivity index (χ1v) is 8.01. The van der Waals surface area contributed by atoms with Gasteiger partial charge in [-0.1, -0.05) is 6.07 Å². The van der Waals surface area contributed by atoms with Crippen LogP contribution in [0.2, 0.25) is 0 Å². The molecule has 0 unspecified atom stereocenters. The first-order chi connectivity index (χ1) is 13.0. The maximum Gasteiger partial charge on any atom is 0.255 e. The molecule has 1 heterocycles. The summed E-state index contributed by atoms with van der Waals surface area (Å²) in [6, 6.07) is 10.2. The number of amides is 3. The van der Waals surface area contributed by atoms with Crippen LogP contribution in [0.25, 0.3) is 0 Å². The topological polar surface area (TPSA) is 136 Å². The summed E-state index contributed by atoms with van der Waals surface area (Å²) in [5, 5.41) is 6.41. The number of carbonyl (C=O) groups is 3. The van der Waals surface area contributed by atoms with E-state index in [4.69, 9.17) is 10.5 Å². The Morgan fingerprint density at radius 3 is 2.59 bits per heavy atom. The number of hydrazone groups is 1. The van der Waals surface area contributed by atoms with E-state index in [0.717, 1.165) is 5.56 Å². The van der Waals surface area contributed by atoms with E-state index in [1.54, 1.807) is 42.7 Å². The standard InChI is InChI=1S/C18H19N5O4/c19-16(24)12-27-15-5-3-13(4-6-15)11-22-23-18(26)8-17(25)21-10-14-2-1-7-20-9-14/h1-7,9,11H,8,10,12H2,(H2,19,24)(H,21,25)(H,23,26)/b22-11+. The van der Waals surface area contributed by atoms with E-state index in [0.29, 0.717) is 17.9 Å². The van der Waals surface area contributed by atoms with Crippen LogP contribution < -0.4 is 21.2 Å². The molecule has 0 saturated carbocycles. The van der Waals surface area contributed by atoms with Gasteiger partial charge in [-0.2, -0.15) is 5.10 Å². The third kappa shape index (κ3) is 7.78. The molecule has 2 rings (SSSR count). The molecule has 4 N–H and O–H groups in total. The van der Waals surface area contributed by atoms with Crippen molar-refractivity contribution in [1.82, 2.24) is 15.7 Å². The van der Waals surface area contributed by atoms with E-state index < -0.39 is 17.7 Å². The lowest BCUT2D eigenvalue weighted by Gasteiger charge is -2.04. The Kier molecular flexibility index (Phi) is 7.46. The molecule has 0 aliphatic rings. The van der Waals surface area contributed by atoms with E-state index in [-0.39, 0.29) is 13.0 Å². The molecule has 0 bridgehead atoms. The number of benzene rings is 1. The average molecular weight is 369 g/mol. The van der Waals surface area contributed by atoms with Crippen molar-refractivity contribution in [3.05, 3.63) is 59.9 Å². The zero-order valence-electron chi connectivity index (χ0n) is 14.4. The first-order valence-electron chi connectivity index (χ1n) is 8.01. The molecule has 0 aliphatic carbocycles. The van der Waals surface area contributed by atoms with Gasteiger partial charge in [-0.25, -0.2) is 5.43 Å². The number of nitrogens with one attached hydrogen (secondary N) is 2. The van der Waals surface area contributed by atoms with Crippen LogP contribution in [-0.4, -0.2) is 35.5 Å². The van der Waals surface area contributed by atoms with Crippen LogP contribution in [0.4, 0.5) is 0 Å². The molecule has 0 aliphatic heterocycles. The minimum absolute atomic E-state index is 0.202. The first kappa shape index (κ1) is 19.6. The number of aromatic nitrogens is 1. The number of rotatable bonds is 9. The number of primary amides is 1. The number of hydrogen-bond donors (Lipinski definition) is 3. The summed E-state index contributed by atoms with van der Waals surface area (Å²) in [5.41, 5.74) is 8.81. The van der Waals surface area contributed by atoms with Gasteiger partial charge in [0.2, 0.25) is 11.8 Å². The van der Waals surface area contributed by atoms with Gasteiger partial charge in [0, 0.05) is 18.9 Å². The maximum atomic E-state index is 11.7. The summed E-state index contributed by atoms with van der Waals surface area (Å²) in [6.07, 6.45) is 4.36. The van der Waals surface area contributed by atoms with Crippen molar-refractivity contribution < 1.29 is 19.1 Å². The molecular weight excluding hydrogens is 350 g/mol. The molecule has 9 heteroatoms. The lowest BCUT2D eigenvalue weighted by molar-refractivity contribution is -0.129. The molecule has 0 saturated heterocycles.